The normalized spacial score (nSPS) is 10.7. The Morgan fingerprint density at radius 1 is 1.11 bits per heavy atom. The van der Waals surface area contributed by atoms with Crippen LogP contribution >= 0.6 is 22.7 Å². The fourth-order valence-electron chi connectivity index (χ4n) is 3.16. The summed E-state index contributed by atoms with van der Waals surface area (Å²) in [7, 11) is 0. The van der Waals surface area contributed by atoms with Gasteiger partial charge in [-0.1, -0.05) is 23.8 Å². The van der Waals surface area contributed by atoms with E-state index in [1.165, 1.54) is 39.4 Å². The number of hydrogen-bond donors (Lipinski definition) is 2. The monoisotopic (exact) mass is 413 g/mol. The molecule has 0 aliphatic heterocycles. The van der Waals surface area contributed by atoms with Gasteiger partial charge in [0.2, 0.25) is 5.91 Å². The zero-order valence-electron chi connectivity index (χ0n) is 16.2. The number of rotatable bonds is 7. The van der Waals surface area contributed by atoms with Crippen molar-refractivity contribution in [1.29, 1.82) is 0 Å². The molecule has 2 heterocycles. The van der Waals surface area contributed by atoms with E-state index in [0.717, 1.165) is 11.3 Å². The Morgan fingerprint density at radius 3 is 2.54 bits per heavy atom. The van der Waals surface area contributed by atoms with Gasteiger partial charge in [-0.15, -0.1) is 22.7 Å². The van der Waals surface area contributed by atoms with Crippen LogP contribution in [0.3, 0.4) is 0 Å². The summed E-state index contributed by atoms with van der Waals surface area (Å²) < 4.78 is 0. The Labute approximate surface area is 172 Å². The molecule has 0 atom stereocenters. The van der Waals surface area contributed by atoms with Crippen LogP contribution in [0.25, 0.3) is 11.3 Å². The highest BCUT2D eigenvalue weighted by atomic mass is 32.1. The fourth-order valence-corrected chi connectivity index (χ4v) is 4.52. The summed E-state index contributed by atoms with van der Waals surface area (Å²) in [6.45, 7) is 6.71. The Hall–Kier alpha value is -2.51. The Kier molecular flexibility index (Phi) is 6.59. The molecule has 0 spiro atoms. The van der Waals surface area contributed by atoms with Crippen LogP contribution in [-0.2, 0) is 4.79 Å². The number of thiophene rings is 1. The first-order valence-electron chi connectivity index (χ1n) is 9.09. The maximum atomic E-state index is 12.2. The Morgan fingerprint density at radius 2 is 1.86 bits per heavy atom. The van der Waals surface area contributed by atoms with E-state index in [1.807, 2.05) is 16.8 Å². The van der Waals surface area contributed by atoms with Crippen molar-refractivity contribution in [2.75, 3.05) is 11.9 Å². The summed E-state index contributed by atoms with van der Waals surface area (Å²) in [5.41, 5.74) is 5.61. The van der Waals surface area contributed by atoms with Gasteiger partial charge in [-0.05, 0) is 49.8 Å². The van der Waals surface area contributed by atoms with E-state index in [1.54, 1.807) is 6.07 Å². The number of nitrogens with zero attached hydrogens (tertiary/aromatic N) is 1. The average molecular weight is 414 g/mol. The third kappa shape index (κ3) is 5.05. The second-order valence-corrected chi connectivity index (χ2v) is 8.50. The summed E-state index contributed by atoms with van der Waals surface area (Å²) in [5.74, 6) is -0.188. The van der Waals surface area contributed by atoms with E-state index >= 15 is 0 Å². The zero-order valence-corrected chi connectivity index (χ0v) is 17.8. The third-order valence-corrected chi connectivity index (χ3v) is 5.92. The predicted molar refractivity (Wildman–Crippen MR) is 116 cm³/mol. The van der Waals surface area contributed by atoms with Crippen LogP contribution in [0, 0.1) is 20.8 Å². The average Bonchev–Trinajstić information content (AvgIpc) is 3.30. The molecule has 2 N–H and O–H groups in total. The molecule has 0 bridgehead atoms. The first-order valence-corrected chi connectivity index (χ1v) is 10.9. The minimum Gasteiger partial charge on any atom is -0.351 e. The third-order valence-electron chi connectivity index (χ3n) is 4.29. The molecule has 0 saturated heterocycles. The molecule has 7 heteroatoms. The van der Waals surface area contributed by atoms with Crippen molar-refractivity contribution in [1.82, 2.24) is 10.3 Å². The molecule has 1 aromatic carbocycles. The van der Waals surface area contributed by atoms with Gasteiger partial charge >= 0.3 is 0 Å². The fraction of sp³-hybridized carbons (Fsp3) is 0.286. The molecule has 5 nitrogen and oxygen atoms in total. The lowest BCUT2D eigenvalue weighted by Crippen LogP contribution is -2.24. The molecule has 3 rings (SSSR count). The number of aryl methyl sites for hydroxylation is 3. The van der Waals surface area contributed by atoms with Crippen LogP contribution in [-0.4, -0.2) is 23.3 Å². The maximum Gasteiger partial charge on any atom is 0.261 e. The molecule has 2 aromatic heterocycles. The number of thiazole rings is 1. The van der Waals surface area contributed by atoms with Crippen LogP contribution < -0.4 is 10.6 Å². The van der Waals surface area contributed by atoms with E-state index in [9.17, 15) is 9.59 Å². The number of carbonyl (C=O) groups excluding carboxylic acids is 2. The van der Waals surface area contributed by atoms with Crippen molar-refractivity contribution in [3.63, 3.8) is 0 Å². The lowest BCUT2D eigenvalue weighted by molar-refractivity contribution is -0.116. The minimum atomic E-state index is -0.0939. The van der Waals surface area contributed by atoms with Crippen LogP contribution in [0.1, 0.15) is 39.2 Å². The first kappa shape index (κ1) is 20.2. The summed E-state index contributed by atoms with van der Waals surface area (Å²) >= 11 is 2.83. The lowest BCUT2D eigenvalue weighted by Gasteiger charge is -2.08. The van der Waals surface area contributed by atoms with Crippen molar-refractivity contribution >= 4 is 39.6 Å². The number of aromatic nitrogens is 1. The van der Waals surface area contributed by atoms with Crippen LogP contribution in [0.2, 0.25) is 0 Å². The maximum absolute atomic E-state index is 12.2. The molecule has 0 radical (unpaired) electrons. The number of anilines is 1. The SMILES string of the molecule is Cc1cc(C)c(-c2csc(NC(=O)CCCNC(=O)c3cccs3)n2)c(C)c1. The highest BCUT2D eigenvalue weighted by Gasteiger charge is 2.12. The highest BCUT2D eigenvalue weighted by Crippen LogP contribution is 2.31. The summed E-state index contributed by atoms with van der Waals surface area (Å²) in [4.78, 5) is 29.3. The van der Waals surface area contributed by atoms with Gasteiger partial charge in [-0.2, -0.15) is 0 Å². The molecule has 0 fully saturated rings. The van der Waals surface area contributed by atoms with Crippen LogP contribution in [0.15, 0.2) is 35.0 Å². The standard InChI is InChI=1S/C21H23N3O2S2/c1-13-10-14(2)19(15(3)11-13)16-12-28-21(23-16)24-18(25)7-4-8-22-20(26)17-6-5-9-27-17/h5-6,9-12H,4,7-8H2,1-3H3,(H,22,26)(H,23,24,25). The van der Waals surface area contributed by atoms with E-state index in [4.69, 9.17) is 0 Å². The van der Waals surface area contributed by atoms with Gasteiger partial charge in [0.25, 0.3) is 5.91 Å². The number of nitrogens with one attached hydrogen (secondary N) is 2. The van der Waals surface area contributed by atoms with Gasteiger partial charge in [-0.3, -0.25) is 9.59 Å². The van der Waals surface area contributed by atoms with Gasteiger partial charge in [0.15, 0.2) is 5.13 Å². The Bertz CT molecular complexity index is 954. The number of carbonyl (C=O) groups is 2. The number of benzene rings is 1. The molecule has 0 aliphatic carbocycles. The van der Waals surface area contributed by atoms with Crippen LogP contribution in [0.4, 0.5) is 5.13 Å². The molecule has 28 heavy (non-hydrogen) atoms. The van der Waals surface area contributed by atoms with E-state index < -0.39 is 0 Å². The van der Waals surface area contributed by atoms with E-state index in [0.29, 0.717) is 29.4 Å². The molecule has 0 aliphatic rings. The van der Waals surface area contributed by atoms with Crippen molar-refractivity contribution in [3.8, 4) is 11.3 Å². The summed E-state index contributed by atoms with van der Waals surface area (Å²) in [5, 5.41) is 10.1. The smallest absolute Gasteiger partial charge is 0.261 e. The minimum absolute atomic E-state index is 0.0937. The lowest BCUT2D eigenvalue weighted by atomic mass is 9.98. The molecule has 2 amide bonds. The van der Waals surface area contributed by atoms with Gasteiger partial charge < -0.3 is 10.6 Å². The zero-order chi connectivity index (χ0) is 20.1. The molecule has 146 valence electrons. The van der Waals surface area contributed by atoms with Gasteiger partial charge in [0.1, 0.15) is 0 Å². The number of hydrogen-bond acceptors (Lipinski definition) is 5. The van der Waals surface area contributed by atoms with Crippen molar-refractivity contribution in [2.24, 2.45) is 0 Å². The van der Waals surface area contributed by atoms with Crippen molar-refractivity contribution in [3.05, 3.63) is 56.6 Å². The van der Waals surface area contributed by atoms with Gasteiger partial charge in [0, 0.05) is 23.9 Å². The molecule has 0 saturated carbocycles. The first-order chi connectivity index (χ1) is 13.4. The molecular weight excluding hydrogens is 390 g/mol. The highest BCUT2D eigenvalue weighted by molar-refractivity contribution is 7.14. The van der Waals surface area contributed by atoms with Crippen molar-refractivity contribution < 1.29 is 9.59 Å². The molecular formula is C21H23N3O2S2. The topological polar surface area (TPSA) is 71.1 Å². The largest absolute Gasteiger partial charge is 0.351 e. The van der Waals surface area contributed by atoms with Gasteiger partial charge in [0.05, 0.1) is 10.6 Å². The second kappa shape index (κ2) is 9.12. The predicted octanol–water partition coefficient (Wildman–Crippen LogP) is 4.95. The van der Waals surface area contributed by atoms with Gasteiger partial charge in [-0.25, -0.2) is 4.98 Å². The van der Waals surface area contributed by atoms with Crippen molar-refractivity contribution in [2.45, 2.75) is 33.6 Å². The van der Waals surface area contributed by atoms with E-state index in [2.05, 4.69) is 48.5 Å². The second-order valence-electron chi connectivity index (χ2n) is 6.70. The quantitative estimate of drug-likeness (QED) is 0.539. The number of amides is 2. The molecule has 3 aromatic rings. The van der Waals surface area contributed by atoms with E-state index in [-0.39, 0.29) is 11.8 Å². The summed E-state index contributed by atoms with van der Waals surface area (Å²) in [6.07, 6.45) is 0.916. The van der Waals surface area contributed by atoms with Crippen LogP contribution in [0.5, 0.6) is 0 Å². The Balaban J connectivity index is 1.50. The molecule has 0 unspecified atom stereocenters. The summed E-state index contributed by atoms with van der Waals surface area (Å²) in [6, 6.07) is 7.91.